The highest BCUT2D eigenvalue weighted by Gasteiger charge is 2.27. The van der Waals surface area contributed by atoms with E-state index in [-0.39, 0.29) is 12.1 Å². The van der Waals surface area contributed by atoms with Crippen LogP contribution in [0, 0.1) is 0 Å². The van der Waals surface area contributed by atoms with Crippen molar-refractivity contribution in [3.8, 4) is 0 Å². The van der Waals surface area contributed by atoms with Crippen LogP contribution in [0.1, 0.15) is 31.9 Å². The maximum atomic E-state index is 12.0. The fourth-order valence-corrected chi connectivity index (χ4v) is 1.70. The summed E-state index contributed by atoms with van der Waals surface area (Å²) in [6, 6.07) is 7.05. The largest absolute Gasteiger partial charge is 0.411 e. The second kappa shape index (κ2) is 7.49. The zero-order valence-electron chi connectivity index (χ0n) is 13.0. The van der Waals surface area contributed by atoms with E-state index >= 15 is 0 Å². The Balaban J connectivity index is 2.55. The molecule has 0 radical (unpaired) electrons. The first-order valence-corrected chi connectivity index (χ1v) is 6.85. The van der Waals surface area contributed by atoms with Gasteiger partial charge in [-0.1, -0.05) is 24.3 Å². The van der Waals surface area contributed by atoms with Crippen molar-refractivity contribution >= 4 is 5.96 Å². The molecule has 0 saturated carbocycles. The lowest BCUT2D eigenvalue weighted by atomic mass is 10.1. The fraction of sp³-hybridized carbons (Fsp3) is 0.533. The minimum Gasteiger partial charge on any atom is -0.370 e. The molecule has 0 atom stereocenters. The highest BCUT2D eigenvalue weighted by Crippen LogP contribution is 2.16. The highest BCUT2D eigenvalue weighted by molar-refractivity contribution is 5.78. The molecule has 0 aromatic heterocycles. The van der Waals surface area contributed by atoms with Gasteiger partial charge in [0.15, 0.2) is 5.96 Å². The third kappa shape index (κ3) is 8.51. The van der Waals surface area contributed by atoms with Crippen LogP contribution in [-0.4, -0.2) is 24.3 Å². The van der Waals surface area contributed by atoms with E-state index in [2.05, 4.69) is 15.0 Å². The van der Waals surface area contributed by atoms with E-state index in [1.54, 1.807) is 18.2 Å². The Kier molecular flexibility index (Phi) is 6.22. The SMILES string of the molecule is CC(C)(C)NC(N)=NCc1cccc(COCC(F)(F)F)c1. The molecule has 0 aliphatic heterocycles. The lowest BCUT2D eigenvalue weighted by Crippen LogP contribution is -2.44. The van der Waals surface area contributed by atoms with Crippen LogP contribution in [0.25, 0.3) is 0 Å². The smallest absolute Gasteiger partial charge is 0.370 e. The molecule has 0 saturated heterocycles. The van der Waals surface area contributed by atoms with Gasteiger partial charge in [0.2, 0.25) is 0 Å². The van der Waals surface area contributed by atoms with E-state index < -0.39 is 12.8 Å². The Morgan fingerprint density at radius 2 is 1.86 bits per heavy atom. The van der Waals surface area contributed by atoms with Gasteiger partial charge in [0.05, 0.1) is 13.2 Å². The molecule has 1 aromatic rings. The first-order valence-electron chi connectivity index (χ1n) is 6.85. The normalized spacial score (nSPS) is 13.3. The summed E-state index contributed by atoms with van der Waals surface area (Å²) >= 11 is 0. The van der Waals surface area contributed by atoms with E-state index in [0.717, 1.165) is 5.56 Å². The summed E-state index contributed by atoms with van der Waals surface area (Å²) < 4.78 is 40.7. The van der Waals surface area contributed by atoms with Crippen molar-refractivity contribution in [1.29, 1.82) is 0 Å². The van der Waals surface area contributed by atoms with Crippen molar-refractivity contribution in [2.45, 2.75) is 45.6 Å². The quantitative estimate of drug-likeness (QED) is 0.648. The van der Waals surface area contributed by atoms with Gasteiger partial charge >= 0.3 is 6.18 Å². The van der Waals surface area contributed by atoms with Crippen LogP contribution in [0.4, 0.5) is 13.2 Å². The molecule has 4 nitrogen and oxygen atoms in total. The van der Waals surface area contributed by atoms with E-state index in [4.69, 9.17) is 5.73 Å². The second-order valence-corrected chi connectivity index (χ2v) is 6.00. The zero-order valence-corrected chi connectivity index (χ0v) is 13.0. The van der Waals surface area contributed by atoms with Crippen molar-refractivity contribution in [3.63, 3.8) is 0 Å². The highest BCUT2D eigenvalue weighted by atomic mass is 19.4. The number of ether oxygens (including phenoxy) is 1. The first kappa shape index (κ1) is 18.3. The maximum Gasteiger partial charge on any atom is 0.411 e. The molecule has 0 aliphatic rings. The Labute approximate surface area is 128 Å². The van der Waals surface area contributed by atoms with Gasteiger partial charge in [0.1, 0.15) is 6.61 Å². The maximum absolute atomic E-state index is 12.0. The first-order chi connectivity index (χ1) is 10.1. The van der Waals surface area contributed by atoms with Crippen molar-refractivity contribution in [2.75, 3.05) is 6.61 Å². The molecule has 0 fully saturated rings. The number of nitrogens with two attached hydrogens (primary N) is 1. The number of guanidine groups is 1. The Hall–Kier alpha value is -1.76. The van der Waals surface area contributed by atoms with Crippen LogP contribution >= 0.6 is 0 Å². The number of rotatable bonds is 5. The number of hydrogen-bond donors (Lipinski definition) is 2. The minimum atomic E-state index is -4.31. The van der Waals surface area contributed by atoms with Gasteiger partial charge in [0, 0.05) is 5.54 Å². The van der Waals surface area contributed by atoms with Gasteiger partial charge in [-0.2, -0.15) is 13.2 Å². The third-order valence-corrected chi connectivity index (χ3v) is 2.46. The van der Waals surface area contributed by atoms with Crippen LogP contribution < -0.4 is 11.1 Å². The standard InChI is InChI=1S/C15H22F3N3O/c1-14(2,3)21-13(19)20-8-11-5-4-6-12(7-11)9-22-10-15(16,17)18/h4-7H,8-10H2,1-3H3,(H3,19,20,21). The Bertz CT molecular complexity index is 507. The molecule has 0 aliphatic carbocycles. The van der Waals surface area contributed by atoms with Crippen LogP contribution in [-0.2, 0) is 17.9 Å². The molecule has 1 aromatic carbocycles. The summed E-state index contributed by atoms with van der Waals surface area (Å²) in [4.78, 5) is 4.20. The molecule has 0 unspecified atom stereocenters. The fourth-order valence-electron chi connectivity index (χ4n) is 1.70. The molecule has 22 heavy (non-hydrogen) atoms. The van der Waals surface area contributed by atoms with E-state index in [1.165, 1.54) is 0 Å². The summed E-state index contributed by atoms with van der Waals surface area (Å²) in [5, 5.41) is 3.03. The van der Waals surface area contributed by atoms with Crippen LogP contribution in [0.3, 0.4) is 0 Å². The molecule has 0 spiro atoms. The molecule has 0 bridgehead atoms. The zero-order chi connectivity index (χ0) is 16.8. The summed E-state index contributed by atoms with van der Waals surface area (Å²) in [5.41, 5.74) is 7.10. The predicted octanol–water partition coefficient (Wildman–Crippen LogP) is 2.97. The predicted molar refractivity (Wildman–Crippen MR) is 80.4 cm³/mol. The Morgan fingerprint density at radius 3 is 2.45 bits per heavy atom. The van der Waals surface area contributed by atoms with Gasteiger partial charge in [-0.05, 0) is 31.9 Å². The molecular formula is C15H22F3N3O. The molecule has 1 rings (SSSR count). The summed E-state index contributed by atoms with van der Waals surface area (Å²) in [5.74, 6) is 0.325. The molecule has 7 heteroatoms. The van der Waals surface area contributed by atoms with Crippen molar-refractivity contribution in [3.05, 3.63) is 35.4 Å². The monoisotopic (exact) mass is 317 g/mol. The van der Waals surface area contributed by atoms with Gasteiger partial charge in [-0.3, -0.25) is 0 Å². The molecule has 0 amide bonds. The molecular weight excluding hydrogens is 295 g/mol. The van der Waals surface area contributed by atoms with E-state index in [9.17, 15) is 13.2 Å². The van der Waals surface area contributed by atoms with Crippen LogP contribution in [0.15, 0.2) is 29.3 Å². The van der Waals surface area contributed by atoms with Gasteiger partial charge in [0.25, 0.3) is 0 Å². The molecule has 3 N–H and O–H groups in total. The van der Waals surface area contributed by atoms with E-state index in [0.29, 0.717) is 18.1 Å². The number of benzene rings is 1. The van der Waals surface area contributed by atoms with Crippen molar-refractivity contribution in [1.82, 2.24) is 5.32 Å². The number of nitrogens with one attached hydrogen (secondary N) is 1. The number of alkyl halides is 3. The molecule has 0 heterocycles. The van der Waals surface area contributed by atoms with Crippen LogP contribution in [0.2, 0.25) is 0 Å². The van der Waals surface area contributed by atoms with Gasteiger partial charge in [-0.25, -0.2) is 4.99 Å². The van der Waals surface area contributed by atoms with Gasteiger partial charge < -0.3 is 15.8 Å². The summed E-state index contributed by atoms with van der Waals surface area (Å²) in [6.45, 7) is 4.91. The summed E-state index contributed by atoms with van der Waals surface area (Å²) in [6.07, 6.45) is -4.31. The minimum absolute atomic E-state index is 0.0905. The average Bonchev–Trinajstić information content (AvgIpc) is 2.33. The average molecular weight is 317 g/mol. The van der Waals surface area contributed by atoms with E-state index in [1.807, 2.05) is 26.8 Å². The number of nitrogens with zero attached hydrogens (tertiary/aromatic N) is 1. The lowest BCUT2D eigenvalue weighted by molar-refractivity contribution is -0.176. The van der Waals surface area contributed by atoms with Crippen molar-refractivity contribution in [2.24, 2.45) is 10.7 Å². The number of aliphatic imine (C=N–C) groups is 1. The topological polar surface area (TPSA) is 59.6 Å². The lowest BCUT2D eigenvalue weighted by Gasteiger charge is -2.21. The Morgan fingerprint density at radius 1 is 1.23 bits per heavy atom. The third-order valence-electron chi connectivity index (χ3n) is 2.46. The number of halogens is 3. The number of hydrogen-bond acceptors (Lipinski definition) is 2. The molecule has 124 valence electrons. The van der Waals surface area contributed by atoms with Crippen LogP contribution in [0.5, 0.6) is 0 Å². The second-order valence-electron chi connectivity index (χ2n) is 6.00. The summed E-state index contributed by atoms with van der Waals surface area (Å²) in [7, 11) is 0. The van der Waals surface area contributed by atoms with Crippen molar-refractivity contribution < 1.29 is 17.9 Å². The van der Waals surface area contributed by atoms with Gasteiger partial charge in [-0.15, -0.1) is 0 Å².